The average Bonchev–Trinajstić information content (AvgIpc) is 3.08. The Morgan fingerprint density at radius 3 is 2.43 bits per heavy atom. The van der Waals surface area contributed by atoms with Crippen LogP contribution >= 0.6 is 11.6 Å². The fourth-order valence-corrected chi connectivity index (χ4v) is 8.12. The van der Waals surface area contributed by atoms with Gasteiger partial charge < -0.3 is 21.4 Å². The lowest BCUT2D eigenvalue weighted by Crippen LogP contribution is -2.68. The maximum absolute atomic E-state index is 8.26. The molecule has 0 radical (unpaired) electrons. The molecule has 0 unspecified atom stereocenters. The minimum absolute atomic E-state index is 0.152. The molecule has 2 aromatic rings. The SMILES string of the molecule is Cc1cc(N)c(C=N)c(-c2c(N3CCN(C4CCC4)CC34CCC4)nn(C3CC4(CNC4)C3)c2C)c1Cl. The Balaban J connectivity index is 1.36. The molecular formula is C29H40ClN7. The average molecular weight is 522 g/mol. The van der Waals surface area contributed by atoms with Gasteiger partial charge in [0.1, 0.15) is 0 Å². The summed E-state index contributed by atoms with van der Waals surface area (Å²) in [5.41, 5.74) is 12.5. The molecular weight excluding hydrogens is 482 g/mol. The molecule has 4 N–H and O–H groups in total. The van der Waals surface area contributed by atoms with E-state index in [0.717, 1.165) is 67.0 Å². The number of nitrogens with two attached hydrogens (primary N) is 1. The molecule has 37 heavy (non-hydrogen) atoms. The summed E-state index contributed by atoms with van der Waals surface area (Å²) in [5.74, 6) is 1.06. The van der Waals surface area contributed by atoms with Gasteiger partial charge in [0.15, 0.2) is 5.82 Å². The van der Waals surface area contributed by atoms with E-state index in [2.05, 4.69) is 26.7 Å². The number of hydrogen-bond donors (Lipinski definition) is 3. The van der Waals surface area contributed by atoms with Crippen LogP contribution in [0.1, 0.15) is 74.2 Å². The molecule has 0 amide bonds. The van der Waals surface area contributed by atoms with Crippen molar-refractivity contribution in [2.24, 2.45) is 5.41 Å². The first kappa shape index (κ1) is 24.0. The molecule has 5 aliphatic rings. The fraction of sp³-hybridized carbons (Fsp3) is 0.655. The largest absolute Gasteiger partial charge is 0.398 e. The zero-order valence-corrected chi connectivity index (χ0v) is 23.0. The van der Waals surface area contributed by atoms with Gasteiger partial charge in [-0.25, -0.2) is 0 Å². The molecule has 0 bridgehead atoms. The number of nitrogens with zero attached hydrogens (tertiary/aromatic N) is 4. The van der Waals surface area contributed by atoms with Gasteiger partial charge in [-0.3, -0.25) is 9.58 Å². The van der Waals surface area contributed by atoms with Crippen LogP contribution in [-0.4, -0.2) is 65.2 Å². The fourth-order valence-electron chi connectivity index (χ4n) is 7.87. The standard InChI is InChI=1S/C29H40ClN7/c1-18-11-23(32)22(14-31)25(26(18)30)24-19(2)37(21-12-28(13-21)15-33-16-28)34-27(24)36-10-9-35(20-5-3-6-20)17-29(36)7-4-8-29/h11,14,20-21,31,33H,3-10,12-13,15-17,32H2,1-2H3. The highest BCUT2D eigenvalue weighted by Gasteiger charge is 2.52. The molecule has 0 atom stereocenters. The highest BCUT2D eigenvalue weighted by molar-refractivity contribution is 6.35. The van der Waals surface area contributed by atoms with E-state index in [-0.39, 0.29) is 5.54 Å². The van der Waals surface area contributed by atoms with Crippen LogP contribution in [0.5, 0.6) is 0 Å². The molecule has 1 aromatic carbocycles. The second-order valence-electron chi connectivity index (χ2n) is 12.7. The smallest absolute Gasteiger partial charge is 0.159 e. The third-order valence-corrected chi connectivity index (χ3v) is 11.0. The lowest BCUT2D eigenvalue weighted by Gasteiger charge is -2.58. The van der Waals surface area contributed by atoms with Crippen LogP contribution in [0.4, 0.5) is 11.5 Å². The maximum Gasteiger partial charge on any atom is 0.159 e. The van der Waals surface area contributed by atoms with Gasteiger partial charge in [0.05, 0.1) is 16.6 Å². The number of anilines is 2. The molecule has 1 aromatic heterocycles. The van der Waals surface area contributed by atoms with Crippen molar-refractivity contribution < 1.29 is 0 Å². The number of rotatable bonds is 5. The summed E-state index contributed by atoms with van der Waals surface area (Å²) < 4.78 is 2.31. The van der Waals surface area contributed by atoms with Crippen molar-refractivity contribution in [2.45, 2.75) is 82.8 Å². The highest BCUT2D eigenvalue weighted by atomic mass is 35.5. The van der Waals surface area contributed by atoms with E-state index < -0.39 is 0 Å². The molecule has 8 heteroatoms. The molecule has 7 rings (SSSR count). The van der Waals surface area contributed by atoms with Crippen molar-refractivity contribution in [3.63, 3.8) is 0 Å². The Morgan fingerprint density at radius 1 is 1.11 bits per heavy atom. The van der Waals surface area contributed by atoms with E-state index in [4.69, 9.17) is 27.8 Å². The number of nitrogen functional groups attached to an aromatic ring is 1. The van der Waals surface area contributed by atoms with Gasteiger partial charge in [0.2, 0.25) is 0 Å². The summed E-state index contributed by atoms with van der Waals surface area (Å²) in [4.78, 5) is 5.41. The minimum Gasteiger partial charge on any atom is -0.398 e. The first-order valence-corrected chi connectivity index (χ1v) is 14.6. The van der Waals surface area contributed by atoms with Gasteiger partial charge in [-0.1, -0.05) is 18.0 Å². The number of piperazine rings is 1. The molecule has 3 heterocycles. The molecule has 3 aliphatic carbocycles. The van der Waals surface area contributed by atoms with E-state index in [1.54, 1.807) is 0 Å². The van der Waals surface area contributed by atoms with E-state index >= 15 is 0 Å². The monoisotopic (exact) mass is 521 g/mol. The number of benzene rings is 1. The number of aryl methyl sites for hydroxylation is 1. The summed E-state index contributed by atoms with van der Waals surface area (Å²) in [6.07, 6.45) is 11.6. The number of nitrogens with one attached hydrogen (secondary N) is 2. The van der Waals surface area contributed by atoms with Crippen LogP contribution in [0.15, 0.2) is 6.07 Å². The molecule has 198 valence electrons. The third kappa shape index (κ3) is 3.46. The van der Waals surface area contributed by atoms with Crippen LogP contribution in [0.3, 0.4) is 0 Å². The number of halogens is 1. The van der Waals surface area contributed by atoms with Crippen LogP contribution in [0.2, 0.25) is 5.02 Å². The Kier molecular flexibility index (Phi) is 5.48. The summed E-state index contributed by atoms with van der Waals surface area (Å²) in [6, 6.07) is 3.10. The van der Waals surface area contributed by atoms with E-state index in [1.165, 1.54) is 57.6 Å². The second kappa shape index (κ2) is 8.45. The van der Waals surface area contributed by atoms with Crippen LogP contribution < -0.4 is 16.0 Å². The zero-order chi connectivity index (χ0) is 25.5. The molecule has 3 saturated carbocycles. The summed E-state index contributed by atoms with van der Waals surface area (Å²) in [5, 5.41) is 17.9. The van der Waals surface area contributed by atoms with Crippen LogP contribution in [-0.2, 0) is 0 Å². The van der Waals surface area contributed by atoms with Gasteiger partial charge in [0, 0.05) is 73.1 Å². The molecule has 2 saturated heterocycles. The maximum atomic E-state index is 8.26. The molecule has 2 spiro atoms. The number of aromatic nitrogens is 2. The molecule has 7 nitrogen and oxygen atoms in total. The van der Waals surface area contributed by atoms with Gasteiger partial charge in [0.25, 0.3) is 0 Å². The van der Waals surface area contributed by atoms with E-state index in [0.29, 0.717) is 27.7 Å². The highest BCUT2D eigenvalue weighted by Crippen LogP contribution is 2.54. The Bertz CT molecular complexity index is 1250. The lowest BCUT2D eigenvalue weighted by atomic mass is 9.61. The van der Waals surface area contributed by atoms with Crippen LogP contribution in [0, 0.1) is 24.7 Å². The Morgan fingerprint density at radius 2 is 1.86 bits per heavy atom. The molecule has 2 aliphatic heterocycles. The first-order valence-electron chi connectivity index (χ1n) is 14.3. The van der Waals surface area contributed by atoms with Crippen LogP contribution in [0.25, 0.3) is 11.1 Å². The topological polar surface area (TPSA) is 86.2 Å². The van der Waals surface area contributed by atoms with Crippen molar-refractivity contribution in [1.29, 1.82) is 5.41 Å². The summed E-state index contributed by atoms with van der Waals surface area (Å²) in [6.45, 7) is 9.72. The predicted molar refractivity (Wildman–Crippen MR) is 151 cm³/mol. The Labute approximate surface area is 225 Å². The minimum atomic E-state index is 0.152. The first-order chi connectivity index (χ1) is 17.8. The van der Waals surface area contributed by atoms with Gasteiger partial charge in [-0.15, -0.1) is 0 Å². The van der Waals surface area contributed by atoms with Crippen molar-refractivity contribution in [2.75, 3.05) is 43.4 Å². The lowest BCUT2D eigenvalue weighted by molar-refractivity contribution is 0.00136. The zero-order valence-electron chi connectivity index (χ0n) is 22.2. The quantitative estimate of drug-likeness (QED) is 0.384. The van der Waals surface area contributed by atoms with Crippen molar-refractivity contribution in [1.82, 2.24) is 20.0 Å². The summed E-state index contributed by atoms with van der Waals surface area (Å²) >= 11 is 7.06. The van der Waals surface area contributed by atoms with Crippen molar-refractivity contribution >= 4 is 29.3 Å². The third-order valence-electron chi connectivity index (χ3n) is 10.5. The van der Waals surface area contributed by atoms with E-state index in [1.807, 2.05) is 13.0 Å². The Hall–Kier alpha value is -2.09. The van der Waals surface area contributed by atoms with Gasteiger partial charge in [-0.05, 0) is 75.8 Å². The second-order valence-corrected chi connectivity index (χ2v) is 13.1. The van der Waals surface area contributed by atoms with Crippen molar-refractivity contribution in [3.8, 4) is 11.1 Å². The number of hydrogen-bond acceptors (Lipinski definition) is 6. The predicted octanol–water partition coefficient (Wildman–Crippen LogP) is 4.92. The van der Waals surface area contributed by atoms with E-state index in [9.17, 15) is 0 Å². The van der Waals surface area contributed by atoms with Gasteiger partial charge in [-0.2, -0.15) is 5.10 Å². The van der Waals surface area contributed by atoms with Gasteiger partial charge >= 0.3 is 0 Å². The molecule has 5 fully saturated rings. The van der Waals surface area contributed by atoms with Crippen molar-refractivity contribution in [3.05, 3.63) is 27.9 Å². The summed E-state index contributed by atoms with van der Waals surface area (Å²) in [7, 11) is 0. The normalized spacial score (nSPS) is 25.0.